The number of anilines is 1. The van der Waals surface area contributed by atoms with Gasteiger partial charge in [-0.3, -0.25) is 0 Å². The first-order valence-electron chi connectivity index (χ1n) is 6.45. The van der Waals surface area contributed by atoms with Crippen LogP contribution in [0.3, 0.4) is 0 Å². The number of aryl methyl sites for hydroxylation is 1. The molecule has 1 aliphatic carbocycles. The Morgan fingerprint density at radius 2 is 2.26 bits per heavy atom. The minimum absolute atomic E-state index is 0.0325. The van der Waals surface area contributed by atoms with Crippen molar-refractivity contribution in [1.29, 1.82) is 0 Å². The molecule has 0 unspecified atom stereocenters. The van der Waals surface area contributed by atoms with Crippen molar-refractivity contribution in [2.45, 2.75) is 37.1 Å². The fourth-order valence-corrected chi connectivity index (χ4v) is 3.57. The van der Waals surface area contributed by atoms with E-state index in [-0.39, 0.29) is 10.8 Å². The number of sulfonamides is 1. The second kappa shape index (κ2) is 5.75. The van der Waals surface area contributed by atoms with Gasteiger partial charge in [0.25, 0.3) is 10.0 Å². The van der Waals surface area contributed by atoms with Gasteiger partial charge in [-0.05, 0) is 32.1 Å². The molecule has 1 aromatic heterocycles. The topological polar surface area (TPSA) is 90.0 Å². The number of hydrogen-bond acceptors (Lipinski definition) is 4. The molecule has 7 heteroatoms. The molecule has 19 heavy (non-hydrogen) atoms. The van der Waals surface area contributed by atoms with Crippen LogP contribution in [0.25, 0.3) is 0 Å². The van der Waals surface area contributed by atoms with Gasteiger partial charge in [0, 0.05) is 13.6 Å². The average Bonchev–Trinajstić information content (AvgIpc) is 2.70. The lowest BCUT2D eigenvalue weighted by Crippen LogP contribution is -2.27. The highest BCUT2D eigenvalue weighted by Crippen LogP contribution is 2.20. The number of nitrogen functional groups attached to an aromatic ring is 1. The Hall–Kier alpha value is -1.34. The third kappa shape index (κ3) is 3.36. The number of rotatable bonds is 5. The summed E-state index contributed by atoms with van der Waals surface area (Å²) in [6.45, 7) is 0.402. The monoisotopic (exact) mass is 284 g/mol. The van der Waals surface area contributed by atoms with Gasteiger partial charge >= 0.3 is 0 Å². The third-order valence-corrected chi connectivity index (χ3v) is 4.88. The summed E-state index contributed by atoms with van der Waals surface area (Å²) < 4.78 is 28.2. The molecule has 0 spiro atoms. The molecule has 0 bridgehead atoms. The molecule has 2 rings (SSSR count). The lowest BCUT2D eigenvalue weighted by atomic mass is 9.97. The maximum atomic E-state index is 12.1. The predicted octanol–water partition coefficient (Wildman–Crippen LogP) is 1.17. The Kier molecular flexibility index (Phi) is 4.26. The fraction of sp³-hybridized carbons (Fsp3) is 0.583. The predicted molar refractivity (Wildman–Crippen MR) is 74.0 cm³/mol. The minimum Gasteiger partial charge on any atom is -0.381 e. The van der Waals surface area contributed by atoms with E-state index in [1.54, 1.807) is 7.05 Å². The number of hydrogen-bond donors (Lipinski definition) is 2. The third-order valence-electron chi connectivity index (χ3n) is 3.29. The number of nitrogens with one attached hydrogen (secondary N) is 1. The smallest absolute Gasteiger partial charge is 0.260 e. The van der Waals surface area contributed by atoms with E-state index < -0.39 is 10.0 Å². The van der Waals surface area contributed by atoms with E-state index in [4.69, 9.17) is 5.73 Å². The summed E-state index contributed by atoms with van der Waals surface area (Å²) >= 11 is 0. The van der Waals surface area contributed by atoms with Crippen LogP contribution in [-0.2, 0) is 17.1 Å². The van der Waals surface area contributed by atoms with Crippen molar-refractivity contribution in [1.82, 2.24) is 14.3 Å². The van der Waals surface area contributed by atoms with Crippen LogP contribution >= 0.6 is 0 Å². The Labute approximate surface area is 113 Å². The number of imidazole rings is 1. The van der Waals surface area contributed by atoms with Crippen LogP contribution in [-0.4, -0.2) is 24.5 Å². The summed E-state index contributed by atoms with van der Waals surface area (Å²) in [6.07, 6.45) is 9.00. The molecule has 1 aliphatic rings. The van der Waals surface area contributed by atoms with Gasteiger partial charge in [-0.15, -0.1) is 0 Å². The zero-order chi connectivity index (χ0) is 13.9. The summed E-state index contributed by atoms with van der Waals surface area (Å²) in [5.41, 5.74) is 6.92. The van der Waals surface area contributed by atoms with Crippen LogP contribution in [0, 0.1) is 0 Å². The zero-order valence-electron chi connectivity index (χ0n) is 11.1. The molecule has 1 aromatic rings. The van der Waals surface area contributed by atoms with E-state index in [1.807, 2.05) is 0 Å². The molecule has 0 saturated heterocycles. The van der Waals surface area contributed by atoms with E-state index in [9.17, 15) is 8.42 Å². The van der Waals surface area contributed by atoms with Crippen LogP contribution < -0.4 is 10.5 Å². The highest BCUT2D eigenvalue weighted by atomic mass is 32.2. The first-order valence-corrected chi connectivity index (χ1v) is 7.93. The first-order chi connectivity index (χ1) is 9.00. The number of nitrogens with two attached hydrogens (primary N) is 1. The normalized spacial score (nSPS) is 16.4. The molecule has 0 saturated carbocycles. The first kappa shape index (κ1) is 14.1. The van der Waals surface area contributed by atoms with Gasteiger partial charge < -0.3 is 10.3 Å². The molecule has 0 aromatic carbocycles. The van der Waals surface area contributed by atoms with E-state index in [0.717, 1.165) is 19.3 Å². The van der Waals surface area contributed by atoms with Gasteiger partial charge in [0.15, 0.2) is 10.8 Å². The van der Waals surface area contributed by atoms with Crippen molar-refractivity contribution in [3.8, 4) is 0 Å². The molecule has 106 valence electrons. The molecule has 0 fully saturated rings. The molecule has 0 aliphatic heterocycles. The Morgan fingerprint density at radius 1 is 1.47 bits per heavy atom. The Morgan fingerprint density at radius 3 is 2.84 bits per heavy atom. The second-order valence-electron chi connectivity index (χ2n) is 4.80. The Balaban J connectivity index is 1.97. The Bertz CT molecular complexity index is 555. The van der Waals surface area contributed by atoms with Crippen molar-refractivity contribution in [3.05, 3.63) is 18.0 Å². The number of nitrogens with zero attached hydrogens (tertiary/aromatic N) is 2. The molecular formula is C12H20N4O2S. The van der Waals surface area contributed by atoms with Gasteiger partial charge in [-0.25, -0.2) is 18.1 Å². The van der Waals surface area contributed by atoms with Crippen LogP contribution in [0.5, 0.6) is 0 Å². The van der Waals surface area contributed by atoms with E-state index in [2.05, 4.69) is 15.8 Å². The van der Waals surface area contributed by atoms with Gasteiger partial charge in [-0.1, -0.05) is 11.6 Å². The van der Waals surface area contributed by atoms with E-state index in [1.165, 1.54) is 29.3 Å². The molecule has 6 nitrogen and oxygen atoms in total. The molecule has 3 N–H and O–H groups in total. The molecule has 0 radical (unpaired) electrons. The molecule has 0 amide bonds. The van der Waals surface area contributed by atoms with Crippen LogP contribution in [0.4, 0.5) is 5.82 Å². The minimum atomic E-state index is -3.58. The van der Waals surface area contributed by atoms with Crippen LogP contribution in [0.1, 0.15) is 32.1 Å². The molecular weight excluding hydrogens is 264 g/mol. The highest BCUT2D eigenvalue weighted by Gasteiger charge is 2.21. The average molecular weight is 284 g/mol. The van der Waals surface area contributed by atoms with Crippen molar-refractivity contribution < 1.29 is 8.42 Å². The lowest BCUT2D eigenvalue weighted by Gasteiger charge is -2.13. The van der Waals surface area contributed by atoms with Crippen molar-refractivity contribution in [3.63, 3.8) is 0 Å². The fourth-order valence-electron chi connectivity index (χ4n) is 2.31. The number of allylic oxidation sites excluding steroid dienone is 1. The zero-order valence-corrected chi connectivity index (χ0v) is 11.9. The van der Waals surface area contributed by atoms with Crippen molar-refractivity contribution >= 4 is 15.8 Å². The maximum absolute atomic E-state index is 12.1. The van der Waals surface area contributed by atoms with Crippen LogP contribution in [0.15, 0.2) is 23.0 Å². The van der Waals surface area contributed by atoms with Gasteiger partial charge in [0.1, 0.15) is 0 Å². The quantitative estimate of drug-likeness (QED) is 0.794. The van der Waals surface area contributed by atoms with Crippen LogP contribution in [0.2, 0.25) is 0 Å². The SMILES string of the molecule is Cn1cnc(N)c1S(=O)(=O)NCCC1=CCCCC1. The summed E-state index contributed by atoms with van der Waals surface area (Å²) in [4.78, 5) is 3.79. The standard InChI is InChI=1S/C12H20N4O2S/c1-16-9-14-11(13)12(16)19(17,18)15-8-7-10-5-3-2-4-6-10/h5,9,15H,2-4,6-8,13H2,1H3. The van der Waals surface area contributed by atoms with Crippen molar-refractivity contribution in [2.24, 2.45) is 7.05 Å². The van der Waals surface area contributed by atoms with Crippen molar-refractivity contribution in [2.75, 3.05) is 12.3 Å². The second-order valence-corrected chi connectivity index (χ2v) is 6.48. The molecule has 1 heterocycles. The summed E-state index contributed by atoms with van der Waals surface area (Å²) in [5, 5.41) is 0.0325. The van der Waals surface area contributed by atoms with Gasteiger partial charge in [-0.2, -0.15) is 0 Å². The summed E-state index contributed by atoms with van der Waals surface area (Å²) in [7, 11) is -1.97. The number of aromatic nitrogens is 2. The lowest BCUT2D eigenvalue weighted by molar-refractivity contribution is 0.570. The molecule has 0 atom stereocenters. The summed E-state index contributed by atoms with van der Waals surface area (Å²) in [5.74, 6) is 0.0341. The van der Waals surface area contributed by atoms with Gasteiger partial charge in [0.2, 0.25) is 0 Å². The summed E-state index contributed by atoms with van der Waals surface area (Å²) in [6, 6.07) is 0. The highest BCUT2D eigenvalue weighted by molar-refractivity contribution is 7.89. The van der Waals surface area contributed by atoms with E-state index in [0.29, 0.717) is 6.54 Å². The van der Waals surface area contributed by atoms with E-state index >= 15 is 0 Å². The largest absolute Gasteiger partial charge is 0.381 e. The van der Waals surface area contributed by atoms with Gasteiger partial charge in [0.05, 0.1) is 6.33 Å². The maximum Gasteiger partial charge on any atom is 0.260 e.